The van der Waals surface area contributed by atoms with Gasteiger partial charge in [0, 0.05) is 32.4 Å². The van der Waals surface area contributed by atoms with E-state index in [2.05, 4.69) is 15.0 Å². The summed E-state index contributed by atoms with van der Waals surface area (Å²) in [6.07, 6.45) is 0.935. The summed E-state index contributed by atoms with van der Waals surface area (Å²) in [5.74, 6) is 0.689. The summed E-state index contributed by atoms with van der Waals surface area (Å²) in [5, 5.41) is 0. The number of hydrogen-bond acceptors (Lipinski definition) is 6. The average Bonchev–Trinajstić information content (AvgIpc) is 3.04. The highest BCUT2D eigenvalue weighted by Gasteiger charge is 2.31. The van der Waals surface area contributed by atoms with Gasteiger partial charge in [0.15, 0.2) is 4.90 Å². The Bertz CT molecular complexity index is 1220. The van der Waals surface area contributed by atoms with Crippen LogP contribution in [0.5, 0.6) is 0 Å². The molecule has 1 saturated heterocycles. The third-order valence-electron chi connectivity index (χ3n) is 4.57. The molecule has 0 aliphatic carbocycles. The third-order valence-corrected chi connectivity index (χ3v) is 6.47. The van der Waals surface area contributed by atoms with E-state index in [1.165, 1.54) is 4.31 Å². The fourth-order valence-corrected chi connectivity index (χ4v) is 4.54. The van der Waals surface area contributed by atoms with Crippen LogP contribution in [-0.4, -0.2) is 58.8 Å². The van der Waals surface area contributed by atoms with Gasteiger partial charge in [-0.2, -0.15) is 4.31 Å². The molecule has 2 aromatic heterocycles. The molecule has 1 fully saturated rings. The number of sulfonamides is 1. The van der Waals surface area contributed by atoms with Crippen LogP contribution in [-0.2, 0) is 10.0 Å². The summed E-state index contributed by atoms with van der Waals surface area (Å²) < 4.78 is 26.6. The Morgan fingerprint density at radius 3 is 2.52 bits per heavy atom. The molecule has 1 aliphatic rings. The Labute approximate surface area is 153 Å². The molecular formula is C16H18N6O4S. The fraction of sp³-hybridized carbons (Fsp3) is 0.312. The Hall–Kier alpha value is -2.92. The number of nitrogens with zero attached hydrogens (tertiary/aromatic N) is 3. The lowest BCUT2D eigenvalue weighted by Crippen LogP contribution is -2.50. The second-order valence-corrected chi connectivity index (χ2v) is 8.31. The smallest absolute Gasteiger partial charge is 0.325 e. The maximum absolute atomic E-state index is 12.7. The van der Waals surface area contributed by atoms with Crippen molar-refractivity contribution in [2.45, 2.75) is 11.8 Å². The van der Waals surface area contributed by atoms with Gasteiger partial charge in [0.05, 0.1) is 11.0 Å². The first kappa shape index (κ1) is 17.5. The number of imidazole rings is 1. The van der Waals surface area contributed by atoms with Crippen molar-refractivity contribution in [3.8, 4) is 0 Å². The summed E-state index contributed by atoms with van der Waals surface area (Å²) >= 11 is 0. The first-order valence-corrected chi connectivity index (χ1v) is 9.82. The Balaban J connectivity index is 1.54. The van der Waals surface area contributed by atoms with Crippen LogP contribution < -0.4 is 16.1 Å². The summed E-state index contributed by atoms with van der Waals surface area (Å²) in [6, 6.07) is 5.93. The van der Waals surface area contributed by atoms with Crippen molar-refractivity contribution in [1.82, 2.24) is 24.2 Å². The highest BCUT2D eigenvalue weighted by Crippen LogP contribution is 2.21. The maximum Gasteiger partial charge on any atom is 0.325 e. The molecule has 1 aliphatic heterocycles. The van der Waals surface area contributed by atoms with Crippen molar-refractivity contribution in [2.24, 2.45) is 0 Å². The number of piperazine rings is 1. The van der Waals surface area contributed by atoms with E-state index < -0.39 is 26.2 Å². The number of hydrogen-bond donors (Lipinski definition) is 3. The van der Waals surface area contributed by atoms with Gasteiger partial charge in [-0.05, 0) is 24.6 Å². The molecule has 10 nitrogen and oxygen atoms in total. The monoisotopic (exact) mass is 390 g/mol. The molecular weight excluding hydrogens is 372 g/mol. The molecule has 0 bridgehead atoms. The minimum atomic E-state index is -3.98. The van der Waals surface area contributed by atoms with Gasteiger partial charge in [-0.25, -0.2) is 18.2 Å². The van der Waals surface area contributed by atoms with Crippen LogP contribution in [0.25, 0.3) is 11.0 Å². The van der Waals surface area contributed by atoms with Crippen molar-refractivity contribution in [1.29, 1.82) is 0 Å². The van der Waals surface area contributed by atoms with E-state index in [4.69, 9.17) is 0 Å². The summed E-state index contributed by atoms with van der Waals surface area (Å²) in [7, 11) is -3.98. The number of benzene rings is 1. The lowest BCUT2D eigenvalue weighted by molar-refractivity contribution is 0.382. The van der Waals surface area contributed by atoms with Crippen LogP contribution in [0.4, 0.5) is 5.95 Å². The molecule has 1 aromatic carbocycles. The largest absolute Gasteiger partial charge is 0.340 e. The first-order valence-electron chi connectivity index (χ1n) is 8.38. The normalized spacial score (nSPS) is 16.1. The lowest BCUT2D eigenvalue weighted by Gasteiger charge is -2.33. The molecule has 0 atom stereocenters. The zero-order chi connectivity index (χ0) is 19.2. The van der Waals surface area contributed by atoms with Crippen LogP contribution in [0.1, 0.15) is 5.56 Å². The minimum absolute atomic E-state index is 0.205. The summed E-state index contributed by atoms with van der Waals surface area (Å²) in [6.45, 7) is 3.27. The number of fused-ring (bicyclic) bond motifs is 1. The van der Waals surface area contributed by atoms with Gasteiger partial charge in [-0.1, -0.05) is 6.07 Å². The zero-order valence-electron chi connectivity index (χ0n) is 14.5. The maximum atomic E-state index is 12.7. The fourth-order valence-electron chi connectivity index (χ4n) is 3.13. The minimum Gasteiger partial charge on any atom is -0.340 e. The van der Waals surface area contributed by atoms with E-state index in [0.29, 0.717) is 19.0 Å². The average molecular weight is 390 g/mol. The molecule has 142 valence electrons. The van der Waals surface area contributed by atoms with E-state index in [1.54, 1.807) is 0 Å². The number of aryl methyl sites for hydroxylation is 1. The Morgan fingerprint density at radius 1 is 1.07 bits per heavy atom. The lowest BCUT2D eigenvalue weighted by atomic mass is 10.2. The van der Waals surface area contributed by atoms with Gasteiger partial charge in [0.1, 0.15) is 0 Å². The summed E-state index contributed by atoms with van der Waals surface area (Å²) in [5.41, 5.74) is 1.24. The number of nitrogens with one attached hydrogen (secondary N) is 3. The van der Waals surface area contributed by atoms with Gasteiger partial charge < -0.3 is 14.9 Å². The van der Waals surface area contributed by atoms with Crippen molar-refractivity contribution in [3.05, 3.63) is 50.8 Å². The molecule has 3 aromatic rings. The van der Waals surface area contributed by atoms with Crippen LogP contribution in [0, 0.1) is 6.92 Å². The predicted octanol–water partition coefficient (Wildman–Crippen LogP) is -0.241. The van der Waals surface area contributed by atoms with Crippen molar-refractivity contribution >= 4 is 27.0 Å². The van der Waals surface area contributed by atoms with Crippen molar-refractivity contribution in [3.63, 3.8) is 0 Å². The number of H-pyrrole nitrogens is 3. The predicted molar refractivity (Wildman–Crippen MR) is 99.5 cm³/mol. The van der Waals surface area contributed by atoms with Crippen LogP contribution in [0.15, 0.2) is 38.9 Å². The molecule has 3 N–H and O–H groups in total. The van der Waals surface area contributed by atoms with Gasteiger partial charge in [0.2, 0.25) is 16.0 Å². The standard InChI is InChI=1S/C16H18N6O4S/c1-10-2-3-11-12(8-10)19-15(18-11)21-4-6-22(7-5-21)27(25,26)13-9-17-16(24)20-14(13)23/h2-3,8-9H,4-7H2,1H3,(H,18,19)(H2,17,20,23,24). The highest BCUT2D eigenvalue weighted by molar-refractivity contribution is 7.89. The number of anilines is 1. The van der Waals surface area contributed by atoms with Crippen molar-refractivity contribution < 1.29 is 8.42 Å². The summed E-state index contributed by atoms with van der Waals surface area (Å²) in [4.78, 5) is 36.4. The van der Waals surface area contributed by atoms with E-state index in [0.717, 1.165) is 22.8 Å². The van der Waals surface area contributed by atoms with Gasteiger partial charge in [0.25, 0.3) is 5.56 Å². The second-order valence-electron chi connectivity index (χ2n) is 6.41. The number of rotatable bonds is 3. The molecule has 3 heterocycles. The zero-order valence-corrected chi connectivity index (χ0v) is 15.3. The Kier molecular flexibility index (Phi) is 4.12. The first-order chi connectivity index (χ1) is 12.8. The molecule has 0 saturated carbocycles. The number of aromatic amines is 3. The van der Waals surface area contributed by atoms with Crippen molar-refractivity contribution in [2.75, 3.05) is 31.1 Å². The second kappa shape index (κ2) is 6.35. The molecule has 0 amide bonds. The van der Waals surface area contributed by atoms with Crippen LogP contribution >= 0.6 is 0 Å². The number of aromatic nitrogens is 4. The van der Waals surface area contributed by atoms with Gasteiger partial charge in [-0.3, -0.25) is 9.78 Å². The molecule has 0 spiro atoms. The van der Waals surface area contributed by atoms with Gasteiger partial charge >= 0.3 is 5.69 Å². The van der Waals surface area contributed by atoms with Crippen LogP contribution in [0.3, 0.4) is 0 Å². The quantitative estimate of drug-likeness (QED) is 0.565. The topological polar surface area (TPSA) is 135 Å². The third kappa shape index (κ3) is 3.15. The van der Waals surface area contributed by atoms with Crippen LogP contribution in [0.2, 0.25) is 0 Å². The molecule has 0 unspecified atom stereocenters. The molecule has 4 rings (SSSR count). The van der Waals surface area contributed by atoms with E-state index >= 15 is 0 Å². The SMILES string of the molecule is Cc1ccc2nc(N3CCN(S(=O)(=O)c4c[nH]c(=O)[nH]c4=O)CC3)[nH]c2c1. The van der Waals surface area contributed by atoms with E-state index in [9.17, 15) is 18.0 Å². The Morgan fingerprint density at radius 2 is 1.81 bits per heavy atom. The molecule has 27 heavy (non-hydrogen) atoms. The van der Waals surface area contributed by atoms with E-state index in [-0.39, 0.29) is 13.1 Å². The van der Waals surface area contributed by atoms with Gasteiger partial charge in [-0.15, -0.1) is 0 Å². The van der Waals surface area contributed by atoms with E-state index in [1.807, 2.05) is 35.0 Å². The highest BCUT2D eigenvalue weighted by atomic mass is 32.2. The molecule has 0 radical (unpaired) electrons. The molecule has 11 heteroatoms.